The molecule has 0 saturated carbocycles. The maximum Gasteiger partial charge on any atom is 0.309 e. The van der Waals surface area contributed by atoms with Crippen LogP contribution in [0.2, 0.25) is 0 Å². The van der Waals surface area contributed by atoms with Crippen molar-refractivity contribution >= 4 is 17.9 Å². The normalized spacial score (nSPS) is 13.1. The minimum atomic E-state index is -0.832. The van der Waals surface area contributed by atoms with Gasteiger partial charge in [0.2, 0.25) is 0 Å². The van der Waals surface area contributed by atoms with Crippen LogP contribution in [0.3, 0.4) is 0 Å². The Hall–Kier alpha value is -3.67. The molecule has 6 heteroatoms. The lowest BCUT2D eigenvalue weighted by Gasteiger charge is -2.18. The second kappa shape index (κ2) is 39.1. The van der Waals surface area contributed by atoms with Gasteiger partial charge in [-0.15, -0.1) is 0 Å². The van der Waals surface area contributed by atoms with Crippen molar-refractivity contribution in [2.45, 2.75) is 155 Å². The van der Waals surface area contributed by atoms with Gasteiger partial charge in [0.25, 0.3) is 0 Å². The van der Waals surface area contributed by atoms with Gasteiger partial charge in [-0.05, 0) is 70.6 Å². The molecule has 0 bridgehead atoms. The largest absolute Gasteiger partial charge is 0.462 e. The van der Waals surface area contributed by atoms with Gasteiger partial charge in [-0.2, -0.15) is 0 Å². The highest BCUT2D eigenvalue weighted by molar-refractivity contribution is 5.72. The van der Waals surface area contributed by atoms with Gasteiger partial charge in [-0.25, -0.2) is 0 Å². The summed E-state index contributed by atoms with van der Waals surface area (Å²) >= 11 is 0. The number of hydrogen-bond acceptors (Lipinski definition) is 6. The minimum absolute atomic E-state index is 0.122. The van der Waals surface area contributed by atoms with Crippen LogP contribution in [0.25, 0.3) is 0 Å². The minimum Gasteiger partial charge on any atom is -0.462 e. The molecule has 0 radical (unpaired) electrons. The first-order chi connectivity index (χ1) is 25.0. The third-order valence-electron chi connectivity index (χ3n) is 7.68. The summed E-state index contributed by atoms with van der Waals surface area (Å²) in [6.07, 6.45) is 50.0. The van der Waals surface area contributed by atoms with E-state index in [2.05, 4.69) is 99.8 Å². The Morgan fingerprint density at radius 2 is 0.922 bits per heavy atom. The van der Waals surface area contributed by atoms with E-state index in [1.807, 2.05) is 12.2 Å². The van der Waals surface area contributed by atoms with Gasteiger partial charge < -0.3 is 14.2 Å². The highest BCUT2D eigenvalue weighted by Gasteiger charge is 2.19. The van der Waals surface area contributed by atoms with Crippen LogP contribution >= 0.6 is 0 Å². The first kappa shape index (κ1) is 47.3. The molecule has 0 N–H and O–H groups in total. The second-order valence-corrected chi connectivity index (χ2v) is 12.5. The standard InChI is InChI=1S/C45H70O6/c1-4-7-10-13-16-19-21-22-24-26-29-32-35-38-44(47)50-41-42(40-49-43(46)37-34-31-28-25-18-15-12-9-6-3)51-45(48)39-36-33-30-27-23-20-17-14-11-8-5-2/h7,9-10,12-14,16-21,23,25,31,34,42H,4-6,8,11,15,22,24,26-30,32-33,35-41H2,1-3H3/b10-7-,12-9-,16-13-,17-14-,21-19-,23-20-,25-18-,34-31-. The van der Waals surface area contributed by atoms with Gasteiger partial charge in [-0.3, -0.25) is 14.4 Å². The van der Waals surface area contributed by atoms with Crippen molar-refractivity contribution in [3.63, 3.8) is 0 Å². The van der Waals surface area contributed by atoms with Crippen LogP contribution in [0.5, 0.6) is 0 Å². The molecular formula is C45H70O6. The van der Waals surface area contributed by atoms with Crippen LogP contribution in [0.15, 0.2) is 97.2 Å². The number of rotatable bonds is 33. The van der Waals surface area contributed by atoms with Crippen LogP contribution in [0.4, 0.5) is 0 Å². The zero-order valence-corrected chi connectivity index (χ0v) is 32.3. The second-order valence-electron chi connectivity index (χ2n) is 12.5. The van der Waals surface area contributed by atoms with E-state index < -0.39 is 12.1 Å². The van der Waals surface area contributed by atoms with Gasteiger partial charge >= 0.3 is 17.9 Å². The molecule has 0 rings (SSSR count). The molecule has 0 amide bonds. The van der Waals surface area contributed by atoms with Crippen molar-refractivity contribution in [2.24, 2.45) is 0 Å². The summed E-state index contributed by atoms with van der Waals surface area (Å²) in [5, 5.41) is 0. The number of carbonyl (C=O) groups excluding carboxylic acids is 3. The first-order valence-electron chi connectivity index (χ1n) is 19.8. The molecule has 0 heterocycles. The SMILES string of the molecule is CC\C=C/C=C\C=C/CCCCCCCC(=O)OCC(COC(=O)C/C=C\C/C=C\C/C=C\CC)OC(=O)CCCCC/C=C\C=C/CCCC. The predicted octanol–water partition coefficient (Wildman–Crippen LogP) is 12.3. The average Bonchev–Trinajstić information content (AvgIpc) is 3.12. The average molecular weight is 707 g/mol. The van der Waals surface area contributed by atoms with E-state index >= 15 is 0 Å². The molecule has 0 aromatic rings. The van der Waals surface area contributed by atoms with Crippen molar-refractivity contribution in [3.8, 4) is 0 Å². The lowest BCUT2D eigenvalue weighted by molar-refractivity contribution is -0.166. The Kier molecular flexibility index (Phi) is 36.3. The summed E-state index contributed by atoms with van der Waals surface area (Å²) in [4.78, 5) is 37.4. The zero-order chi connectivity index (χ0) is 37.3. The Bertz CT molecular complexity index is 1090. The van der Waals surface area contributed by atoms with E-state index in [-0.39, 0.29) is 38.0 Å². The molecule has 0 saturated heterocycles. The van der Waals surface area contributed by atoms with Gasteiger partial charge in [0, 0.05) is 12.8 Å². The third kappa shape index (κ3) is 37.4. The molecule has 286 valence electrons. The van der Waals surface area contributed by atoms with Crippen LogP contribution in [-0.4, -0.2) is 37.2 Å². The predicted molar refractivity (Wildman–Crippen MR) is 214 cm³/mol. The number of carbonyl (C=O) groups is 3. The maximum absolute atomic E-state index is 12.6. The van der Waals surface area contributed by atoms with Crippen LogP contribution < -0.4 is 0 Å². The van der Waals surface area contributed by atoms with Crippen LogP contribution in [0, 0.1) is 0 Å². The molecule has 0 aliphatic heterocycles. The highest BCUT2D eigenvalue weighted by atomic mass is 16.6. The molecule has 0 fully saturated rings. The Balaban J connectivity index is 4.56. The topological polar surface area (TPSA) is 78.9 Å². The molecule has 0 aliphatic carbocycles. The summed E-state index contributed by atoms with van der Waals surface area (Å²) in [6, 6.07) is 0. The van der Waals surface area contributed by atoms with Gasteiger partial charge in [-0.1, -0.05) is 157 Å². The molecular weight excluding hydrogens is 636 g/mol. The summed E-state index contributed by atoms with van der Waals surface area (Å²) in [6.45, 7) is 6.14. The summed E-state index contributed by atoms with van der Waals surface area (Å²) in [7, 11) is 0. The number of allylic oxidation sites excluding steroid dienone is 15. The molecule has 6 nitrogen and oxygen atoms in total. The lowest BCUT2D eigenvalue weighted by atomic mass is 10.1. The van der Waals surface area contributed by atoms with Crippen molar-refractivity contribution in [1.82, 2.24) is 0 Å². The lowest BCUT2D eigenvalue weighted by Crippen LogP contribution is -2.30. The number of unbranched alkanes of at least 4 members (excludes halogenated alkanes) is 10. The number of esters is 3. The van der Waals surface area contributed by atoms with Gasteiger partial charge in [0.15, 0.2) is 6.10 Å². The van der Waals surface area contributed by atoms with E-state index in [1.54, 1.807) is 6.08 Å². The Morgan fingerprint density at radius 3 is 1.55 bits per heavy atom. The Morgan fingerprint density at radius 1 is 0.451 bits per heavy atom. The fraction of sp³-hybridized carbons (Fsp3) is 0.578. The van der Waals surface area contributed by atoms with Crippen LogP contribution in [-0.2, 0) is 28.6 Å². The summed E-state index contributed by atoms with van der Waals surface area (Å²) in [5.41, 5.74) is 0. The fourth-order valence-corrected chi connectivity index (χ4v) is 4.71. The van der Waals surface area contributed by atoms with Gasteiger partial charge in [0.1, 0.15) is 13.2 Å². The highest BCUT2D eigenvalue weighted by Crippen LogP contribution is 2.10. The van der Waals surface area contributed by atoms with Gasteiger partial charge in [0.05, 0.1) is 6.42 Å². The first-order valence-corrected chi connectivity index (χ1v) is 19.8. The molecule has 1 unspecified atom stereocenters. The van der Waals surface area contributed by atoms with E-state index in [4.69, 9.17) is 14.2 Å². The smallest absolute Gasteiger partial charge is 0.309 e. The molecule has 51 heavy (non-hydrogen) atoms. The van der Waals surface area contributed by atoms with E-state index in [1.165, 1.54) is 12.8 Å². The van der Waals surface area contributed by atoms with Crippen molar-refractivity contribution in [3.05, 3.63) is 97.2 Å². The molecule has 1 atom stereocenters. The third-order valence-corrected chi connectivity index (χ3v) is 7.68. The summed E-state index contributed by atoms with van der Waals surface area (Å²) < 4.78 is 16.4. The molecule has 0 aromatic carbocycles. The maximum atomic E-state index is 12.6. The quantitative estimate of drug-likeness (QED) is 0.0222. The van der Waals surface area contributed by atoms with E-state index in [0.717, 1.165) is 89.9 Å². The molecule has 0 aromatic heterocycles. The monoisotopic (exact) mass is 707 g/mol. The fourth-order valence-electron chi connectivity index (χ4n) is 4.71. The van der Waals surface area contributed by atoms with Crippen LogP contribution in [0.1, 0.15) is 149 Å². The zero-order valence-electron chi connectivity index (χ0n) is 32.3. The van der Waals surface area contributed by atoms with E-state index in [0.29, 0.717) is 12.8 Å². The van der Waals surface area contributed by atoms with E-state index in [9.17, 15) is 14.4 Å². The van der Waals surface area contributed by atoms with Crippen molar-refractivity contribution < 1.29 is 28.6 Å². The number of hydrogen-bond donors (Lipinski definition) is 0. The molecule has 0 aliphatic rings. The van der Waals surface area contributed by atoms with Crippen molar-refractivity contribution in [2.75, 3.05) is 13.2 Å². The number of ether oxygens (including phenoxy) is 3. The van der Waals surface area contributed by atoms with Crippen molar-refractivity contribution in [1.29, 1.82) is 0 Å². The summed E-state index contributed by atoms with van der Waals surface area (Å²) in [5.74, 6) is -1.12. The molecule has 0 spiro atoms. The Labute approximate surface area is 311 Å².